The lowest BCUT2D eigenvalue weighted by Crippen LogP contribution is -2.47. The third-order valence-corrected chi connectivity index (χ3v) is 7.60. The van der Waals surface area contributed by atoms with Gasteiger partial charge in [-0.2, -0.15) is 0 Å². The van der Waals surface area contributed by atoms with Gasteiger partial charge in [0.15, 0.2) is 0 Å². The number of halogens is 1. The first kappa shape index (κ1) is 21.3. The predicted octanol–water partition coefficient (Wildman–Crippen LogP) is 2.53. The molecule has 144 valence electrons. The van der Waals surface area contributed by atoms with Crippen LogP contribution >= 0.6 is 35.1 Å². The maximum absolute atomic E-state index is 12.8. The molecular formula is C16H22ClN3O3S3. The van der Waals surface area contributed by atoms with Gasteiger partial charge < -0.3 is 10.2 Å². The van der Waals surface area contributed by atoms with E-state index in [1.54, 1.807) is 10.3 Å². The van der Waals surface area contributed by atoms with Gasteiger partial charge in [-0.3, -0.25) is 4.79 Å². The number of sulfonamides is 1. The van der Waals surface area contributed by atoms with Gasteiger partial charge in [0.25, 0.3) is 5.91 Å². The van der Waals surface area contributed by atoms with Crippen molar-refractivity contribution in [2.75, 3.05) is 20.1 Å². The number of thiophene rings is 2. The highest BCUT2D eigenvalue weighted by Crippen LogP contribution is 2.25. The normalized spacial score (nSPS) is 17.7. The van der Waals surface area contributed by atoms with Crippen LogP contribution in [-0.4, -0.2) is 45.4 Å². The summed E-state index contributed by atoms with van der Waals surface area (Å²) in [6, 6.07) is 5.52. The van der Waals surface area contributed by atoms with Crippen molar-refractivity contribution in [2.24, 2.45) is 0 Å². The summed E-state index contributed by atoms with van der Waals surface area (Å²) in [5.74, 6) is -0.202. The van der Waals surface area contributed by atoms with Crippen molar-refractivity contribution in [2.45, 2.75) is 30.3 Å². The molecule has 26 heavy (non-hydrogen) atoms. The first-order valence-corrected chi connectivity index (χ1v) is 11.3. The Morgan fingerprint density at radius 2 is 2.12 bits per heavy atom. The Balaban J connectivity index is 0.00000243. The summed E-state index contributed by atoms with van der Waals surface area (Å²) in [5.41, 5.74) is 0. The van der Waals surface area contributed by atoms with Crippen LogP contribution in [0.15, 0.2) is 33.9 Å². The molecule has 2 aromatic rings. The highest BCUT2D eigenvalue weighted by atomic mass is 35.5. The van der Waals surface area contributed by atoms with Crippen molar-refractivity contribution < 1.29 is 13.2 Å². The molecule has 0 aliphatic carbocycles. The Hall–Kier alpha value is -0.970. The van der Waals surface area contributed by atoms with Crippen molar-refractivity contribution in [3.8, 4) is 0 Å². The summed E-state index contributed by atoms with van der Waals surface area (Å²) in [7, 11) is -1.84. The van der Waals surface area contributed by atoms with Crippen LogP contribution in [0.4, 0.5) is 0 Å². The van der Waals surface area contributed by atoms with Gasteiger partial charge in [0.05, 0.1) is 0 Å². The van der Waals surface area contributed by atoms with Crippen molar-refractivity contribution in [1.82, 2.24) is 14.9 Å². The van der Waals surface area contributed by atoms with Crippen LogP contribution in [0, 0.1) is 0 Å². The lowest BCUT2D eigenvalue weighted by molar-refractivity contribution is 0.0699. The van der Waals surface area contributed by atoms with Crippen molar-refractivity contribution in [1.29, 1.82) is 0 Å². The maximum Gasteiger partial charge on any atom is 0.265 e. The molecule has 1 unspecified atom stereocenters. The van der Waals surface area contributed by atoms with Crippen molar-refractivity contribution in [3.63, 3.8) is 0 Å². The highest BCUT2D eigenvalue weighted by Gasteiger charge is 2.29. The average molecular weight is 436 g/mol. The van der Waals surface area contributed by atoms with Gasteiger partial charge in [0.2, 0.25) is 10.0 Å². The maximum atomic E-state index is 12.8. The molecule has 1 saturated heterocycles. The zero-order chi connectivity index (χ0) is 17.9. The van der Waals surface area contributed by atoms with Crippen LogP contribution in [0.2, 0.25) is 0 Å². The van der Waals surface area contributed by atoms with Gasteiger partial charge in [-0.25, -0.2) is 13.1 Å². The lowest BCUT2D eigenvalue weighted by Gasteiger charge is -2.32. The van der Waals surface area contributed by atoms with E-state index in [0.29, 0.717) is 13.1 Å². The van der Waals surface area contributed by atoms with Crippen LogP contribution in [-0.2, 0) is 16.6 Å². The minimum absolute atomic E-state index is 0. The van der Waals surface area contributed by atoms with Crippen molar-refractivity contribution in [3.05, 3.63) is 38.7 Å². The minimum Gasteiger partial charge on any atom is -0.336 e. The van der Waals surface area contributed by atoms with E-state index in [0.717, 1.165) is 17.7 Å². The van der Waals surface area contributed by atoms with E-state index in [1.165, 1.54) is 28.7 Å². The fourth-order valence-corrected chi connectivity index (χ4v) is 5.99. The number of likely N-dealkylation sites (tertiary alicyclic amines) is 1. The number of piperidine rings is 1. The van der Waals surface area contributed by atoms with Gasteiger partial charge in [-0.1, -0.05) is 6.07 Å². The topological polar surface area (TPSA) is 78.5 Å². The number of carbonyl (C=O) groups is 1. The zero-order valence-electron chi connectivity index (χ0n) is 14.3. The molecule has 0 saturated carbocycles. The number of nitrogens with zero attached hydrogens (tertiary/aromatic N) is 1. The molecule has 1 atom stereocenters. The molecule has 10 heteroatoms. The molecule has 0 radical (unpaired) electrons. The third kappa shape index (κ3) is 4.85. The summed E-state index contributed by atoms with van der Waals surface area (Å²) in [5, 5.41) is 6.75. The number of hydrogen-bond donors (Lipinski definition) is 2. The Morgan fingerprint density at radius 1 is 1.31 bits per heavy atom. The van der Waals surface area contributed by atoms with Crippen molar-refractivity contribution >= 4 is 51.0 Å². The average Bonchev–Trinajstić information content (AvgIpc) is 3.31. The second-order valence-electron chi connectivity index (χ2n) is 5.90. The molecule has 0 spiro atoms. The van der Waals surface area contributed by atoms with E-state index in [9.17, 15) is 13.2 Å². The molecular weight excluding hydrogens is 414 g/mol. The van der Waals surface area contributed by atoms with Crippen LogP contribution in [0.1, 0.15) is 27.4 Å². The van der Waals surface area contributed by atoms with Crippen LogP contribution < -0.4 is 10.0 Å². The molecule has 1 aliphatic rings. The molecule has 3 heterocycles. The summed E-state index contributed by atoms with van der Waals surface area (Å²) in [6.45, 7) is 1.50. The molecule has 3 rings (SSSR count). The third-order valence-electron chi connectivity index (χ3n) is 4.25. The Bertz CT molecular complexity index is 821. The quantitative estimate of drug-likeness (QED) is 0.730. The molecule has 1 amide bonds. The van der Waals surface area contributed by atoms with E-state index in [4.69, 9.17) is 0 Å². The molecule has 1 fully saturated rings. The first-order chi connectivity index (χ1) is 12.0. The minimum atomic E-state index is -3.72. The first-order valence-electron chi connectivity index (χ1n) is 8.07. The summed E-state index contributed by atoms with van der Waals surface area (Å²) in [6.07, 6.45) is 1.94. The number of hydrogen-bond acceptors (Lipinski definition) is 6. The van der Waals surface area contributed by atoms with Crippen LogP contribution in [0.25, 0.3) is 0 Å². The van der Waals surface area contributed by atoms with E-state index >= 15 is 0 Å². The lowest BCUT2D eigenvalue weighted by atomic mass is 10.1. The second-order valence-corrected chi connectivity index (χ2v) is 9.58. The molecule has 2 aromatic heterocycles. The second kappa shape index (κ2) is 9.29. The Kier molecular flexibility index (Phi) is 7.63. The zero-order valence-corrected chi connectivity index (χ0v) is 17.6. The van der Waals surface area contributed by atoms with Crippen LogP contribution in [0.3, 0.4) is 0 Å². The number of amides is 1. The fraction of sp³-hybridized carbons (Fsp3) is 0.438. The van der Waals surface area contributed by atoms with E-state index in [2.05, 4.69) is 10.0 Å². The Morgan fingerprint density at radius 3 is 2.81 bits per heavy atom. The summed E-state index contributed by atoms with van der Waals surface area (Å²) in [4.78, 5) is 15.9. The fourth-order valence-electron chi connectivity index (χ4n) is 2.86. The summed E-state index contributed by atoms with van der Waals surface area (Å²) >= 11 is 2.67. The van der Waals surface area contributed by atoms with Gasteiger partial charge in [0.1, 0.15) is 9.77 Å². The number of nitrogens with one attached hydrogen (secondary N) is 2. The largest absolute Gasteiger partial charge is 0.336 e. The van der Waals surface area contributed by atoms with Gasteiger partial charge in [-0.15, -0.1) is 35.1 Å². The van der Waals surface area contributed by atoms with E-state index < -0.39 is 10.0 Å². The predicted molar refractivity (Wildman–Crippen MR) is 108 cm³/mol. The summed E-state index contributed by atoms with van der Waals surface area (Å²) < 4.78 is 27.9. The van der Waals surface area contributed by atoms with E-state index in [-0.39, 0.29) is 40.7 Å². The molecule has 1 aliphatic heterocycles. The molecule has 6 nitrogen and oxygen atoms in total. The van der Waals surface area contributed by atoms with Crippen LogP contribution in [0.5, 0.6) is 0 Å². The standard InChI is InChI=1S/C16H21N3O3S3.ClH/c1-17-12-4-2-7-19(11-12)16(20)15-14(6-9-24-15)25(21,22)18-10-13-5-3-8-23-13;/h3,5-6,8-9,12,17-18H,2,4,7,10-11H2,1H3;1H. The van der Waals surface area contributed by atoms with Gasteiger partial charge in [0, 0.05) is 30.6 Å². The number of rotatable bonds is 6. The molecule has 0 aromatic carbocycles. The molecule has 2 N–H and O–H groups in total. The molecule has 0 bridgehead atoms. The highest BCUT2D eigenvalue weighted by molar-refractivity contribution is 7.89. The van der Waals surface area contributed by atoms with Gasteiger partial charge >= 0.3 is 0 Å². The Labute approximate surface area is 168 Å². The number of likely N-dealkylation sites (N-methyl/N-ethyl adjacent to an activating group) is 1. The van der Waals surface area contributed by atoms with Gasteiger partial charge in [-0.05, 0) is 42.8 Å². The number of carbonyl (C=O) groups excluding carboxylic acids is 1. The monoisotopic (exact) mass is 435 g/mol. The smallest absolute Gasteiger partial charge is 0.265 e. The SMILES string of the molecule is CNC1CCCN(C(=O)c2sccc2S(=O)(=O)NCc2cccs2)C1.Cl. The van der Waals surface area contributed by atoms with E-state index in [1.807, 2.05) is 24.6 Å².